The van der Waals surface area contributed by atoms with Crippen molar-refractivity contribution in [2.75, 3.05) is 33.4 Å². The molecule has 4 atom stereocenters. The topological polar surface area (TPSA) is 135 Å². The lowest BCUT2D eigenvalue weighted by molar-refractivity contribution is -0.141. The van der Waals surface area contributed by atoms with Crippen molar-refractivity contribution in [2.45, 2.75) is 82.1 Å². The number of nitrogens with zero attached hydrogens (tertiary/aromatic N) is 1. The monoisotopic (exact) mass is 684 g/mol. The number of aliphatic hydroxyl groups is 2. The summed E-state index contributed by atoms with van der Waals surface area (Å²) in [6, 6.07) is 2.47. The fraction of sp³-hybridized carbons (Fsp3) is 0.633. The van der Waals surface area contributed by atoms with Crippen LogP contribution in [0.3, 0.4) is 0 Å². The maximum Gasteiger partial charge on any atom is 0.247 e. The molecule has 0 unspecified atom stereocenters. The molecule has 10 nitrogen and oxygen atoms in total. The summed E-state index contributed by atoms with van der Waals surface area (Å²) in [6.07, 6.45) is 7.77. The molecule has 2 fully saturated rings. The van der Waals surface area contributed by atoms with Gasteiger partial charge in [-0.1, -0.05) is 25.7 Å². The van der Waals surface area contributed by atoms with E-state index < -0.39 is 24.2 Å². The van der Waals surface area contributed by atoms with Gasteiger partial charge in [0.25, 0.3) is 0 Å². The summed E-state index contributed by atoms with van der Waals surface area (Å²) in [5.74, 6) is 0.733. The molecule has 11 heteroatoms. The first kappa shape index (κ1) is 31.7. The van der Waals surface area contributed by atoms with E-state index in [-0.39, 0.29) is 31.6 Å². The first-order chi connectivity index (χ1) is 19.8. The van der Waals surface area contributed by atoms with E-state index in [1.807, 2.05) is 22.6 Å². The number of carbonyl (C=O) groups excluding carboxylic acids is 3. The fourth-order valence-corrected chi connectivity index (χ4v) is 6.79. The minimum atomic E-state index is -1.15. The molecule has 4 rings (SSSR count). The fourth-order valence-electron chi connectivity index (χ4n) is 6.04. The Hall–Kier alpha value is -2.22. The van der Waals surface area contributed by atoms with Gasteiger partial charge in [-0.3, -0.25) is 14.4 Å². The average Bonchev–Trinajstić information content (AvgIpc) is 3.70. The van der Waals surface area contributed by atoms with Gasteiger partial charge in [0.15, 0.2) is 11.5 Å². The summed E-state index contributed by atoms with van der Waals surface area (Å²) in [4.78, 5) is 40.0. The van der Waals surface area contributed by atoms with E-state index in [1.54, 1.807) is 23.1 Å². The largest absolute Gasteiger partial charge is 0.493 e. The smallest absolute Gasteiger partial charge is 0.247 e. The standard InChI is InChI=1S/C30H41IN2O8/c1-39-26-14-20(18-35)13-23(31)29(26)41-25-16-21(30(38)32-10-11-34)15-24(28(25)37)33(17-22-7-4-12-40-22)27(36)9-8-19-5-2-3-6-19/h13-14,16,18-19,22,24-25,28,34,37H,2-12,15,17H2,1H3,(H,32,38)/t22-,24-,25+,28+/m1/s1. The van der Waals surface area contributed by atoms with E-state index in [0.29, 0.717) is 58.0 Å². The number of hydrogen-bond donors (Lipinski definition) is 3. The van der Waals surface area contributed by atoms with Gasteiger partial charge in [-0.2, -0.15) is 0 Å². The third kappa shape index (κ3) is 8.20. The van der Waals surface area contributed by atoms with E-state index in [1.165, 1.54) is 20.0 Å². The first-order valence-corrected chi connectivity index (χ1v) is 15.6. The third-order valence-corrected chi connectivity index (χ3v) is 9.04. The maximum absolute atomic E-state index is 13.8. The number of carbonyl (C=O) groups is 3. The Labute approximate surface area is 254 Å². The average molecular weight is 685 g/mol. The lowest BCUT2D eigenvalue weighted by Gasteiger charge is -2.41. The normalized spacial score (nSPS) is 24.5. The van der Waals surface area contributed by atoms with Crippen molar-refractivity contribution in [3.63, 3.8) is 0 Å². The number of aliphatic hydroxyl groups excluding tert-OH is 2. The van der Waals surface area contributed by atoms with Gasteiger partial charge in [-0.05, 0) is 66.0 Å². The lowest BCUT2D eigenvalue weighted by Crippen LogP contribution is -2.56. The van der Waals surface area contributed by atoms with E-state index in [4.69, 9.17) is 14.2 Å². The molecule has 1 saturated carbocycles. The second-order valence-corrected chi connectivity index (χ2v) is 12.2. The zero-order valence-corrected chi connectivity index (χ0v) is 25.7. The van der Waals surface area contributed by atoms with E-state index in [9.17, 15) is 24.6 Å². The summed E-state index contributed by atoms with van der Waals surface area (Å²) < 4.78 is 18.3. The Morgan fingerprint density at radius 1 is 1.22 bits per heavy atom. The number of nitrogens with one attached hydrogen (secondary N) is 1. The van der Waals surface area contributed by atoms with Gasteiger partial charge < -0.3 is 34.6 Å². The Bertz CT molecular complexity index is 1100. The second-order valence-electron chi connectivity index (χ2n) is 11.0. The maximum atomic E-state index is 13.8. The molecule has 1 aromatic carbocycles. The van der Waals surface area contributed by atoms with E-state index >= 15 is 0 Å². The summed E-state index contributed by atoms with van der Waals surface area (Å²) in [7, 11) is 1.46. The van der Waals surface area contributed by atoms with Crippen LogP contribution in [0.4, 0.5) is 0 Å². The van der Waals surface area contributed by atoms with Gasteiger partial charge >= 0.3 is 0 Å². The molecule has 1 aliphatic heterocycles. The molecular formula is C30H41IN2O8. The number of methoxy groups -OCH3 is 1. The Morgan fingerprint density at radius 3 is 2.66 bits per heavy atom. The molecule has 0 bridgehead atoms. The van der Waals surface area contributed by atoms with Crippen molar-refractivity contribution in [1.82, 2.24) is 10.2 Å². The summed E-state index contributed by atoms with van der Waals surface area (Å²) in [6.45, 7) is 0.831. The first-order valence-electron chi connectivity index (χ1n) is 14.5. The van der Waals surface area contributed by atoms with Crippen LogP contribution in [0, 0.1) is 9.49 Å². The van der Waals surface area contributed by atoms with Gasteiger partial charge in [0.2, 0.25) is 11.8 Å². The quantitative estimate of drug-likeness (QED) is 0.214. The Morgan fingerprint density at radius 2 is 2.00 bits per heavy atom. The van der Waals surface area contributed by atoms with Crippen LogP contribution in [0.1, 0.15) is 68.1 Å². The van der Waals surface area contributed by atoms with Crippen molar-refractivity contribution in [3.05, 3.63) is 32.9 Å². The highest BCUT2D eigenvalue weighted by Gasteiger charge is 2.42. The highest BCUT2D eigenvalue weighted by atomic mass is 127. The molecule has 41 heavy (non-hydrogen) atoms. The highest BCUT2D eigenvalue weighted by Crippen LogP contribution is 2.37. The van der Waals surface area contributed by atoms with E-state index in [0.717, 1.165) is 32.1 Å². The molecule has 0 spiro atoms. The molecule has 3 aliphatic rings. The van der Waals surface area contributed by atoms with Gasteiger partial charge in [-0.15, -0.1) is 0 Å². The molecule has 226 valence electrons. The number of ether oxygens (including phenoxy) is 3. The molecule has 0 radical (unpaired) electrons. The van der Waals surface area contributed by atoms with Gasteiger partial charge in [0.1, 0.15) is 18.5 Å². The van der Waals surface area contributed by atoms with Crippen molar-refractivity contribution < 1.29 is 38.8 Å². The van der Waals surface area contributed by atoms with Crippen molar-refractivity contribution in [2.24, 2.45) is 5.92 Å². The van der Waals surface area contributed by atoms with Crippen molar-refractivity contribution in [3.8, 4) is 11.5 Å². The number of hydrogen-bond acceptors (Lipinski definition) is 8. The SMILES string of the molecule is COc1cc(C=O)cc(I)c1O[C@H]1C=C(C(=O)NCCO)C[C@@H](N(C[C@H]2CCCO2)C(=O)CCC2CCCC2)[C@@H]1O. The molecule has 3 N–H and O–H groups in total. The lowest BCUT2D eigenvalue weighted by atomic mass is 9.87. The predicted octanol–water partition coefficient (Wildman–Crippen LogP) is 3.01. The van der Waals surface area contributed by atoms with Crippen LogP contribution in [-0.4, -0.2) is 91.0 Å². The molecule has 1 aromatic rings. The zero-order chi connectivity index (χ0) is 29.4. The minimum absolute atomic E-state index is 0.0605. The van der Waals surface area contributed by atoms with Crippen molar-refractivity contribution >= 4 is 40.7 Å². The van der Waals surface area contributed by atoms with Crippen LogP contribution < -0.4 is 14.8 Å². The number of halogens is 1. The van der Waals surface area contributed by atoms with E-state index in [2.05, 4.69) is 5.32 Å². The van der Waals surface area contributed by atoms with Crippen molar-refractivity contribution in [1.29, 1.82) is 0 Å². The molecule has 1 heterocycles. The number of amides is 2. The highest BCUT2D eigenvalue weighted by molar-refractivity contribution is 14.1. The number of rotatable bonds is 13. The minimum Gasteiger partial charge on any atom is -0.493 e. The predicted molar refractivity (Wildman–Crippen MR) is 160 cm³/mol. The molecule has 2 aliphatic carbocycles. The van der Waals surface area contributed by atoms with Crippen LogP contribution in [-0.2, 0) is 14.3 Å². The molecule has 1 saturated heterocycles. The molecule has 0 aromatic heterocycles. The van der Waals surface area contributed by atoms with Crippen LogP contribution in [0.2, 0.25) is 0 Å². The van der Waals surface area contributed by atoms with Crippen LogP contribution in [0.5, 0.6) is 11.5 Å². The Kier molecular flexibility index (Phi) is 11.8. The molecule has 2 amide bonds. The number of aldehydes is 1. The zero-order valence-electron chi connectivity index (χ0n) is 23.6. The van der Waals surface area contributed by atoms with Gasteiger partial charge in [0.05, 0.1) is 29.4 Å². The summed E-state index contributed by atoms with van der Waals surface area (Å²) in [5.41, 5.74) is 0.772. The summed E-state index contributed by atoms with van der Waals surface area (Å²) in [5, 5.41) is 23.7. The van der Waals surface area contributed by atoms with Crippen LogP contribution in [0.25, 0.3) is 0 Å². The van der Waals surface area contributed by atoms with Gasteiger partial charge in [-0.25, -0.2) is 0 Å². The van der Waals surface area contributed by atoms with Crippen LogP contribution in [0.15, 0.2) is 23.8 Å². The third-order valence-electron chi connectivity index (χ3n) is 8.24. The van der Waals surface area contributed by atoms with Gasteiger partial charge in [0, 0.05) is 43.7 Å². The second kappa shape index (κ2) is 15.3. The molecular weight excluding hydrogens is 643 g/mol. The van der Waals surface area contributed by atoms with Crippen LogP contribution >= 0.6 is 22.6 Å². The Balaban J connectivity index is 1.64. The summed E-state index contributed by atoms with van der Waals surface area (Å²) >= 11 is 2.04. The number of benzene rings is 1.